The van der Waals surface area contributed by atoms with Crippen LogP contribution >= 0.6 is 0 Å². The predicted molar refractivity (Wildman–Crippen MR) is 126 cm³/mol. The maximum Gasteiger partial charge on any atom is 0.191 e. The SMILES string of the molecule is CCNC(=NCC(C)CN1CCN(C)CC1)NC(C)c1ccc(CC(C)C)cc1. The zero-order valence-electron chi connectivity index (χ0n) is 19.5. The van der Waals surface area contributed by atoms with Gasteiger partial charge in [-0.25, -0.2) is 0 Å². The number of hydrogen-bond acceptors (Lipinski definition) is 3. The molecule has 1 aliphatic rings. The average Bonchev–Trinajstić information content (AvgIpc) is 2.68. The van der Waals surface area contributed by atoms with Crippen LogP contribution < -0.4 is 10.6 Å². The second-order valence-electron chi connectivity index (χ2n) is 9.13. The smallest absolute Gasteiger partial charge is 0.191 e. The van der Waals surface area contributed by atoms with E-state index in [1.807, 2.05) is 0 Å². The van der Waals surface area contributed by atoms with Gasteiger partial charge in [0.05, 0.1) is 6.04 Å². The van der Waals surface area contributed by atoms with E-state index in [1.165, 1.54) is 37.3 Å². The van der Waals surface area contributed by atoms with Gasteiger partial charge in [-0.15, -0.1) is 0 Å². The first-order valence-corrected chi connectivity index (χ1v) is 11.4. The summed E-state index contributed by atoms with van der Waals surface area (Å²) in [5.74, 6) is 2.16. The van der Waals surface area contributed by atoms with E-state index in [9.17, 15) is 0 Å². The molecule has 0 radical (unpaired) electrons. The molecule has 0 saturated carbocycles. The van der Waals surface area contributed by atoms with Crippen molar-refractivity contribution in [3.05, 3.63) is 35.4 Å². The summed E-state index contributed by atoms with van der Waals surface area (Å²) in [5.41, 5.74) is 2.71. The summed E-state index contributed by atoms with van der Waals surface area (Å²) in [6.45, 7) is 18.7. The Hall–Kier alpha value is -1.59. The highest BCUT2D eigenvalue weighted by molar-refractivity contribution is 5.80. The number of guanidine groups is 1. The molecule has 1 saturated heterocycles. The highest BCUT2D eigenvalue weighted by atomic mass is 15.2. The third-order valence-corrected chi connectivity index (χ3v) is 5.55. The van der Waals surface area contributed by atoms with Crippen LogP contribution in [0.2, 0.25) is 0 Å². The van der Waals surface area contributed by atoms with E-state index in [1.54, 1.807) is 0 Å². The molecule has 2 unspecified atom stereocenters. The normalized spacial score (nSPS) is 18.7. The molecule has 2 atom stereocenters. The molecule has 0 amide bonds. The molecule has 5 heteroatoms. The lowest BCUT2D eigenvalue weighted by Gasteiger charge is -2.33. The molecule has 29 heavy (non-hydrogen) atoms. The number of benzene rings is 1. The maximum absolute atomic E-state index is 4.87. The van der Waals surface area contributed by atoms with Gasteiger partial charge >= 0.3 is 0 Å². The minimum absolute atomic E-state index is 0.230. The van der Waals surface area contributed by atoms with Crippen LogP contribution in [0, 0.1) is 11.8 Å². The fourth-order valence-corrected chi connectivity index (χ4v) is 3.80. The Morgan fingerprint density at radius 2 is 1.69 bits per heavy atom. The number of aliphatic imine (C=N–C) groups is 1. The van der Waals surface area contributed by atoms with Crippen molar-refractivity contribution in [2.75, 3.05) is 52.9 Å². The van der Waals surface area contributed by atoms with Gasteiger partial charge in [0.15, 0.2) is 5.96 Å². The summed E-state index contributed by atoms with van der Waals surface area (Å²) < 4.78 is 0. The van der Waals surface area contributed by atoms with Crippen LogP contribution in [0.25, 0.3) is 0 Å². The summed E-state index contributed by atoms with van der Waals surface area (Å²) in [7, 11) is 2.21. The van der Waals surface area contributed by atoms with E-state index in [4.69, 9.17) is 4.99 Å². The molecule has 1 aromatic rings. The van der Waals surface area contributed by atoms with E-state index >= 15 is 0 Å². The highest BCUT2D eigenvalue weighted by Crippen LogP contribution is 2.15. The number of nitrogens with zero attached hydrogens (tertiary/aromatic N) is 3. The van der Waals surface area contributed by atoms with Crippen molar-refractivity contribution in [2.45, 2.75) is 47.1 Å². The summed E-state index contributed by atoms with van der Waals surface area (Å²) in [6.07, 6.45) is 1.14. The lowest BCUT2D eigenvalue weighted by Crippen LogP contribution is -2.46. The van der Waals surface area contributed by atoms with E-state index in [2.05, 4.69) is 86.4 Å². The number of hydrogen-bond donors (Lipinski definition) is 2. The topological polar surface area (TPSA) is 42.9 Å². The van der Waals surface area contributed by atoms with Crippen molar-refractivity contribution in [3.63, 3.8) is 0 Å². The lowest BCUT2D eigenvalue weighted by molar-refractivity contribution is 0.140. The monoisotopic (exact) mass is 401 g/mol. The van der Waals surface area contributed by atoms with Crippen molar-refractivity contribution < 1.29 is 0 Å². The Bertz CT molecular complexity index is 602. The predicted octanol–water partition coefficient (Wildman–Crippen LogP) is 3.38. The molecule has 1 heterocycles. The van der Waals surface area contributed by atoms with Crippen LogP contribution in [0.3, 0.4) is 0 Å². The third-order valence-electron chi connectivity index (χ3n) is 5.55. The average molecular weight is 402 g/mol. The van der Waals surface area contributed by atoms with Crippen LogP contribution in [0.4, 0.5) is 0 Å². The number of likely N-dealkylation sites (N-methyl/N-ethyl adjacent to an activating group) is 1. The molecule has 2 rings (SSSR count). The van der Waals surface area contributed by atoms with Crippen molar-refractivity contribution in [2.24, 2.45) is 16.8 Å². The maximum atomic E-state index is 4.87. The molecule has 5 nitrogen and oxygen atoms in total. The first-order chi connectivity index (χ1) is 13.9. The van der Waals surface area contributed by atoms with Crippen LogP contribution in [-0.2, 0) is 6.42 Å². The Balaban J connectivity index is 1.87. The Labute approximate surface area is 179 Å². The van der Waals surface area contributed by atoms with Crippen molar-refractivity contribution in [1.29, 1.82) is 0 Å². The number of piperazine rings is 1. The molecular weight excluding hydrogens is 358 g/mol. The van der Waals surface area contributed by atoms with Gasteiger partial charge in [0, 0.05) is 45.8 Å². The van der Waals surface area contributed by atoms with E-state index in [0.717, 1.165) is 32.0 Å². The molecule has 0 aromatic heterocycles. The van der Waals surface area contributed by atoms with Crippen LogP contribution in [0.15, 0.2) is 29.3 Å². The van der Waals surface area contributed by atoms with Crippen molar-refractivity contribution in [3.8, 4) is 0 Å². The molecule has 164 valence electrons. The molecule has 1 aromatic carbocycles. The van der Waals surface area contributed by atoms with Crippen LogP contribution in [-0.4, -0.2) is 68.6 Å². The Morgan fingerprint density at radius 1 is 1.03 bits per heavy atom. The fraction of sp³-hybridized carbons (Fsp3) is 0.708. The second-order valence-corrected chi connectivity index (χ2v) is 9.13. The number of nitrogens with one attached hydrogen (secondary N) is 2. The van der Waals surface area contributed by atoms with Gasteiger partial charge in [-0.05, 0) is 50.3 Å². The number of rotatable bonds is 9. The molecule has 2 N–H and O–H groups in total. The van der Waals surface area contributed by atoms with Gasteiger partial charge in [0.2, 0.25) is 0 Å². The zero-order chi connectivity index (χ0) is 21.2. The molecule has 1 fully saturated rings. The fourth-order valence-electron chi connectivity index (χ4n) is 3.80. The quantitative estimate of drug-likeness (QED) is 0.492. The van der Waals surface area contributed by atoms with Gasteiger partial charge < -0.3 is 20.4 Å². The van der Waals surface area contributed by atoms with Gasteiger partial charge in [-0.1, -0.05) is 45.0 Å². The second kappa shape index (κ2) is 12.2. The zero-order valence-corrected chi connectivity index (χ0v) is 19.5. The first-order valence-electron chi connectivity index (χ1n) is 11.4. The van der Waals surface area contributed by atoms with Crippen molar-refractivity contribution >= 4 is 5.96 Å². The Morgan fingerprint density at radius 3 is 2.28 bits per heavy atom. The van der Waals surface area contributed by atoms with Crippen molar-refractivity contribution in [1.82, 2.24) is 20.4 Å². The summed E-state index contributed by atoms with van der Waals surface area (Å²) in [4.78, 5) is 9.85. The minimum Gasteiger partial charge on any atom is -0.357 e. The summed E-state index contributed by atoms with van der Waals surface area (Å²) in [5, 5.41) is 6.98. The molecule has 0 bridgehead atoms. The standard InChI is InChI=1S/C24H43N5/c1-7-25-24(26-17-20(4)18-29-14-12-28(6)13-15-29)27-21(5)23-10-8-22(9-11-23)16-19(2)3/h8-11,19-21H,7,12-18H2,1-6H3,(H2,25,26,27). The van der Waals surface area contributed by atoms with Gasteiger partial charge in [-0.3, -0.25) is 4.99 Å². The van der Waals surface area contributed by atoms with E-state index in [-0.39, 0.29) is 6.04 Å². The van der Waals surface area contributed by atoms with Crippen LogP contribution in [0.1, 0.15) is 51.8 Å². The molecular formula is C24H43N5. The summed E-state index contributed by atoms with van der Waals surface area (Å²) in [6, 6.07) is 9.24. The van der Waals surface area contributed by atoms with Gasteiger partial charge in [0.1, 0.15) is 0 Å². The first kappa shape index (κ1) is 23.7. The van der Waals surface area contributed by atoms with E-state index in [0.29, 0.717) is 11.8 Å². The largest absolute Gasteiger partial charge is 0.357 e. The van der Waals surface area contributed by atoms with Gasteiger partial charge in [-0.2, -0.15) is 0 Å². The van der Waals surface area contributed by atoms with Gasteiger partial charge in [0.25, 0.3) is 0 Å². The summed E-state index contributed by atoms with van der Waals surface area (Å²) >= 11 is 0. The highest BCUT2D eigenvalue weighted by Gasteiger charge is 2.16. The molecule has 0 aliphatic carbocycles. The Kier molecular flexibility index (Phi) is 9.95. The van der Waals surface area contributed by atoms with E-state index < -0.39 is 0 Å². The third kappa shape index (κ3) is 8.75. The molecule has 0 spiro atoms. The molecule has 1 aliphatic heterocycles. The lowest BCUT2D eigenvalue weighted by atomic mass is 10.00. The van der Waals surface area contributed by atoms with Crippen LogP contribution in [0.5, 0.6) is 0 Å². The minimum atomic E-state index is 0.230.